The van der Waals surface area contributed by atoms with Crippen LogP contribution in [0.5, 0.6) is 0 Å². The van der Waals surface area contributed by atoms with Gasteiger partial charge in [0.2, 0.25) is 0 Å². The van der Waals surface area contributed by atoms with Crippen LogP contribution >= 0.6 is 0 Å². The molecule has 0 amide bonds. The van der Waals surface area contributed by atoms with Gasteiger partial charge in [-0.3, -0.25) is 4.79 Å². The molecule has 1 fully saturated rings. The molecule has 0 saturated carbocycles. The molecule has 1 heterocycles. The van der Waals surface area contributed by atoms with Gasteiger partial charge in [-0.15, -0.1) is 0 Å². The predicted molar refractivity (Wildman–Crippen MR) is 93.3 cm³/mol. The Balaban J connectivity index is 2.44. The summed E-state index contributed by atoms with van der Waals surface area (Å²) in [5, 5.41) is 9.83. The highest BCUT2D eigenvalue weighted by atomic mass is 16.5. The second-order valence-corrected chi connectivity index (χ2v) is 7.27. The van der Waals surface area contributed by atoms with Crippen molar-refractivity contribution in [1.29, 1.82) is 5.26 Å². The zero-order valence-electron chi connectivity index (χ0n) is 15.2. The maximum Gasteiger partial charge on any atom is 0.323 e. The van der Waals surface area contributed by atoms with E-state index in [-0.39, 0.29) is 17.3 Å². The van der Waals surface area contributed by atoms with Gasteiger partial charge in [0.25, 0.3) is 0 Å². The Morgan fingerprint density at radius 1 is 1.42 bits per heavy atom. The normalized spacial score (nSPS) is 31.0. The average Bonchev–Trinajstić information content (AvgIpc) is 2.55. The summed E-state index contributed by atoms with van der Waals surface area (Å²) in [4.78, 5) is 14.0. The number of carbonyl (C=O) groups is 1. The topological polar surface area (TPSA) is 54.5 Å². The van der Waals surface area contributed by atoms with Crippen LogP contribution in [0.1, 0.15) is 32.8 Å². The van der Waals surface area contributed by atoms with Crippen molar-refractivity contribution >= 4 is 5.97 Å². The third kappa shape index (κ3) is 3.62. The molecule has 1 aromatic carbocycles. The third-order valence-electron chi connectivity index (χ3n) is 5.74. The number of esters is 1. The number of likely N-dealkylation sites (tertiary alicyclic amines) is 1. The van der Waals surface area contributed by atoms with Crippen molar-refractivity contribution < 1.29 is 14.4 Å². The smallest absolute Gasteiger partial charge is 0.323 e. The van der Waals surface area contributed by atoms with Crippen LogP contribution in [-0.2, 0) is 16.0 Å². The van der Waals surface area contributed by atoms with E-state index in [0.717, 1.165) is 19.4 Å². The van der Waals surface area contributed by atoms with Gasteiger partial charge in [0, 0.05) is 17.8 Å². The lowest BCUT2D eigenvalue weighted by Gasteiger charge is -2.48. The van der Waals surface area contributed by atoms with Gasteiger partial charge in [-0.05, 0) is 25.8 Å². The van der Waals surface area contributed by atoms with E-state index in [1.807, 2.05) is 18.2 Å². The Hall–Kier alpha value is -1.86. The van der Waals surface area contributed by atoms with Gasteiger partial charge in [0.1, 0.15) is 0 Å². The standard InChI is InChI=1S/C20H28N2O2/c1-5-24-19(23)18(13-21)20(12-17-9-7-6-8-10-17)11-16(3)22(4)14-15(20)2/h6-10,15-16,18H,5,11-12,14H2,1-4H3/p+1/t15-,16-,18-,20-/m0/s1. The number of hydrogen-bond acceptors (Lipinski definition) is 3. The molecule has 5 atom stereocenters. The Kier molecular flexibility index (Phi) is 6.01. The van der Waals surface area contributed by atoms with Crippen molar-refractivity contribution in [1.82, 2.24) is 0 Å². The maximum absolute atomic E-state index is 12.6. The van der Waals surface area contributed by atoms with Crippen LogP contribution < -0.4 is 4.90 Å². The number of nitriles is 1. The fraction of sp³-hybridized carbons (Fsp3) is 0.600. The van der Waals surface area contributed by atoms with E-state index < -0.39 is 5.92 Å². The van der Waals surface area contributed by atoms with Gasteiger partial charge >= 0.3 is 5.97 Å². The number of carbonyl (C=O) groups excluding carboxylic acids is 1. The largest absolute Gasteiger partial charge is 0.465 e. The molecule has 0 radical (unpaired) electrons. The molecule has 0 aliphatic carbocycles. The monoisotopic (exact) mass is 329 g/mol. The van der Waals surface area contributed by atoms with E-state index in [2.05, 4.69) is 39.1 Å². The van der Waals surface area contributed by atoms with Gasteiger partial charge in [-0.2, -0.15) is 5.26 Å². The number of piperidine rings is 1. The molecule has 1 aliphatic heterocycles. The Morgan fingerprint density at radius 3 is 2.67 bits per heavy atom. The number of benzene rings is 1. The quantitative estimate of drug-likeness (QED) is 0.839. The molecular formula is C20H29N2O2+. The maximum atomic E-state index is 12.6. The molecule has 0 aromatic heterocycles. The molecule has 24 heavy (non-hydrogen) atoms. The fourth-order valence-corrected chi connectivity index (χ4v) is 4.20. The highest BCUT2D eigenvalue weighted by Gasteiger charge is 2.53. The van der Waals surface area contributed by atoms with E-state index in [1.54, 1.807) is 6.92 Å². The summed E-state index contributed by atoms with van der Waals surface area (Å²) in [6.07, 6.45) is 1.59. The number of hydrogen-bond donors (Lipinski definition) is 1. The summed E-state index contributed by atoms with van der Waals surface area (Å²) in [7, 11) is 2.19. The zero-order valence-corrected chi connectivity index (χ0v) is 15.2. The fourth-order valence-electron chi connectivity index (χ4n) is 4.20. The van der Waals surface area contributed by atoms with Crippen molar-refractivity contribution in [3.63, 3.8) is 0 Å². The molecule has 1 N–H and O–H groups in total. The van der Waals surface area contributed by atoms with Crippen molar-refractivity contribution in [2.24, 2.45) is 17.3 Å². The van der Waals surface area contributed by atoms with Gasteiger partial charge in [-0.1, -0.05) is 37.3 Å². The van der Waals surface area contributed by atoms with Crippen molar-refractivity contribution in [3.8, 4) is 6.07 Å². The minimum absolute atomic E-state index is 0.267. The SMILES string of the molecule is CCOC(=O)[C@H](C#N)[C@]1(Cc2ccccc2)C[C@H](C)[NH+](C)C[C@@H]1C. The molecule has 4 nitrogen and oxygen atoms in total. The summed E-state index contributed by atoms with van der Waals surface area (Å²) in [6, 6.07) is 12.9. The summed E-state index contributed by atoms with van der Waals surface area (Å²) in [5.41, 5.74) is 0.807. The van der Waals surface area contributed by atoms with E-state index in [0.29, 0.717) is 12.6 Å². The Bertz CT molecular complexity index is 595. The molecule has 130 valence electrons. The van der Waals surface area contributed by atoms with Crippen LogP contribution in [0.3, 0.4) is 0 Å². The van der Waals surface area contributed by atoms with E-state index in [9.17, 15) is 10.1 Å². The first-order valence-electron chi connectivity index (χ1n) is 8.87. The van der Waals surface area contributed by atoms with Gasteiger partial charge < -0.3 is 9.64 Å². The van der Waals surface area contributed by atoms with Crippen LogP contribution in [0.4, 0.5) is 0 Å². The highest BCUT2D eigenvalue weighted by molar-refractivity contribution is 5.76. The lowest BCUT2D eigenvalue weighted by atomic mass is 9.59. The van der Waals surface area contributed by atoms with Crippen LogP contribution in [0.25, 0.3) is 0 Å². The lowest BCUT2D eigenvalue weighted by molar-refractivity contribution is -0.916. The predicted octanol–water partition coefficient (Wildman–Crippen LogP) is 1.86. The van der Waals surface area contributed by atoms with Crippen molar-refractivity contribution in [2.45, 2.75) is 39.7 Å². The van der Waals surface area contributed by atoms with E-state index in [4.69, 9.17) is 4.74 Å². The first-order chi connectivity index (χ1) is 11.4. The number of ether oxygens (including phenoxy) is 1. The molecule has 0 bridgehead atoms. The van der Waals surface area contributed by atoms with E-state index >= 15 is 0 Å². The zero-order chi connectivity index (χ0) is 17.7. The first-order valence-corrected chi connectivity index (χ1v) is 8.87. The molecule has 2 rings (SSSR count). The number of nitrogens with one attached hydrogen (secondary N) is 1. The Labute approximate surface area is 145 Å². The molecule has 1 aliphatic rings. The lowest BCUT2D eigenvalue weighted by Crippen LogP contribution is -3.15. The second-order valence-electron chi connectivity index (χ2n) is 7.27. The minimum Gasteiger partial charge on any atom is -0.465 e. The molecule has 4 heteroatoms. The first kappa shape index (κ1) is 18.5. The number of rotatable bonds is 5. The Morgan fingerprint density at radius 2 is 2.08 bits per heavy atom. The van der Waals surface area contributed by atoms with Gasteiger partial charge in [0.15, 0.2) is 5.92 Å². The molecule has 1 aromatic rings. The van der Waals surface area contributed by atoms with E-state index in [1.165, 1.54) is 10.5 Å². The van der Waals surface area contributed by atoms with Crippen molar-refractivity contribution in [3.05, 3.63) is 35.9 Å². The molecule has 1 saturated heterocycles. The van der Waals surface area contributed by atoms with Crippen LogP contribution in [0.15, 0.2) is 30.3 Å². The molecule has 1 unspecified atom stereocenters. The number of quaternary nitrogens is 1. The van der Waals surface area contributed by atoms with Crippen LogP contribution in [0, 0.1) is 28.6 Å². The van der Waals surface area contributed by atoms with Gasteiger partial charge in [0.05, 0.1) is 32.3 Å². The average molecular weight is 329 g/mol. The molecular weight excluding hydrogens is 300 g/mol. The minimum atomic E-state index is -0.719. The van der Waals surface area contributed by atoms with Gasteiger partial charge in [-0.25, -0.2) is 0 Å². The number of nitrogens with zero attached hydrogens (tertiary/aromatic N) is 1. The van der Waals surface area contributed by atoms with Crippen LogP contribution in [0.2, 0.25) is 0 Å². The third-order valence-corrected chi connectivity index (χ3v) is 5.74. The molecule has 0 spiro atoms. The second kappa shape index (κ2) is 7.81. The summed E-state index contributed by atoms with van der Waals surface area (Å²) in [5.74, 6) is -0.819. The summed E-state index contributed by atoms with van der Waals surface area (Å²) >= 11 is 0. The van der Waals surface area contributed by atoms with Crippen molar-refractivity contribution in [2.75, 3.05) is 20.2 Å². The summed E-state index contributed by atoms with van der Waals surface area (Å²) in [6.45, 7) is 7.46. The highest BCUT2D eigenvalue weighted by Crippen LogP contribution is 2.45. The summed E-state index contributed by atoms with van der Waals surface area (Å²) < 4.78 is 5.25. The van der Waals surface area contributed by atoms with Crippen LogP contribution in [-0.4, -0.2) is 32.2 Å².